The highest BCUT2D eigenvalue weighted by atomic mass is 19.4. The number of nitrogens with zero attached hydrogens (tertiary/aromatic N) is 1. The third kappa shape index (κ3) is 3.30. The number of alkyl halides is 5. The van der Waals surface area contributed by atoms with Gasteiger partial charge in [0, 0.05) is 11.8 Å². The van der Waals surface area contributed by atoms with Gasteiger partial charge in [0.05, 0.1) is 13.5 Å². The lowest BCUT2D eigenvalue weighted by Crippen LogP contribution is -2.16. The molecule has 0 aromatic carbocycles. The first-order valence-corrected chi connectivity index (χ1v) is 4.81. The maximum Gasteiger partial charge on any atom is 0.422 e. The fourth-order valence-electron chi connectivity index (χ4n) is 1.53. The summed E-state index contributed by atoms with van der Waals surface area (Å²) >= 11 is 0. The quantitative estimate of drug-likeness (QED) is 0.864. The summed E-state index contributed by atoms with van der Waals surface area (Å²) in [5, 5.41) is 8.51. The number of carbonyl (C=O) groups is 1. The largest absolute Gasteiger partial charge is 0.481 e. The van der Waals surface area contributed by atoms with Crippen LogP contribution in [0.2, 0.25) is 0 Å². The Labute approximate surface area is 103 Å². The van der Waals surface area contributed by atoms with E-state index < -0.39 is 47.6 Å². The van der Waals surface area contributed by atoms with Crippen LogP contribution in [0, 0.1) is 0 Å². The van der Waals surface area contributed by atoms with E-state index in [0.29, 0.717) is 6.20 Å². The molecule has 1 heterocycles. The first-order chi connectivity index (χ1) is 8.68. The van der Waals surface area contributed by atoms with Crippen molar-refractivity contribution in [1.29, 1.82) is 0 Å². The fourth-order valence-corrected chi connectivity index (χ4v) is 1.53. The van der Waals surface area contributed by atoms with Crippen molar-refractivity contribution in [1.82, 2.24) is 4.98 Å². The van der Waals surface area contributed by atoms with E-state index in [-0.39, 0.29) is 0 Å². The molecular weight excluding hydrogens is 277 g/mol. The molecule has 0 bridgehead atoms. The Morgan fingerprint density at radius 3 is 2.42 bits per heavy atom. The van der Waals surface area contributed by atoms with Crippen molar-refractivity contribution in [3.05, 3.63) is 22.9 Å². The molecule has 0 aliphatic heterocycles. The lowest BCUT2D eigenvalue weighted by Gasteiger charge is -2.17. The molecule has 4 nitrogen and oxygen atoms in total. The van der Waals surface area contributed by atoms with Crippen molar-refractivity contribution < 1.29 is 36.6 Å². The van der Waals surface area contributed by atoms with Gasteiger partial charge in [0.1, 0.15) is 5.56 Å². The van der Waals surface area contributed by atoms with Gasteiger partial charge >= 0.3 is 12.1 Å². The minimum atomic E-state index is -5.13. The topological polar surface area (TPSA) is 59.4 Å². The molecular formula is C10H8F5NO3. The highest BCUT2D eigenvalue weighted by molar-refractivity contribution is 5.71. The molecule has 19 heavy (non-hydrogen) atoms. The third-order valence-corrected chi connectivity index (χ3v) is 2.20. The monoisotopic (exact) mass is 285 g/mol. The summed E-state index contributed by atoms with van der Waals surface area (Å²) in [6, 6.07) is 0. The molecule has 0 fully saturated rings. The molecule has 1 aromatic rings. The number of ether oxygens (including phenoxy) is 1. The zero-order chi connectivity index (χ0) is 14.8. The average Bonchev–Trinajstić information content (AvgIpc) is 2.25. The molecule has 0 unspecified atom stereocenters. The zero-order valence-corrected chi connectivity index (χ0v) is 9.46. The minimum absolute atomic E-state index is 0.643. The van der Waals surface area contributed by atoms with E-state index in [1.54, 1.807) is 0 Å². The van der Waals surface area contributed by atoms with Crippen LogP contribution in [0.15, 0.2) is 6.20 Å². The maximum absolute atomic E-state index is 12.8. The zero-order valence-electron chi connectivity index (χ0n) is 9.46. The molecule has 9 heteroatoms. The smallest absolute Gasteiger partial charge is 0.422 e. The Hall–Kier alpha value is -1.93. The molecule has 1 rings (SSSR count). The summed E-state index contributed by atoms with van der Waals surface area (Å²) in [6.45, 7) is 0. The number of carboxylic acid groups (broad SMARTS) is 1. The van der Waals surface area contributed by atoms with Crippen LogP contribution in [-0.4, -0.2) is 23.2 Å². The molecule has 0 amide bonds. The lowest BCUT2D eigenvalue weighted by molar-refractivity contribution is -0.141. The van der Waals surface area contributed by atoms with Gasteiger partial charge in [-0.3, -0.25) is 4.79 Å². The summed E-state index contributed by atoms with van der Waals surface area (Å²) in [5.41, 5.74) is -3.86. The Morgan fingerprint density at radius 1 is 1.47 bits per heavy atom. The van der Waals surface area contributed by atoms with Crippen molar-refractivity contribution >= 4 is 5.97 Å². The number of aromatic nitrogens is 1. The van der Waals surface area contributed by atoms with Crippen LogP contribution in [0.1, 0.15) is 23.1 Å². The fraction of sp³-hybridized carbons (Fsp3) is 0.400. The van der Waals surface area contributed by atoms with E-state index in [1.807, 2.05) is 0 Å². The highest BCUT2D eigenvalue weighted by Crippen LogP contribution is 2.42. The van der Waals surface area contributed by atoms with Crippen LogP contribution in [-0.2, 0) is 17.4 Å². The SMILES string of the molecule is COc1ncc(CC(=O)O)c(C(F)F)c1C(F)(F)F. The molecule has 1 N–H and O–H groups in total. The number of rotatable bonds is 4. The maximum atomic E-state index is 12.8. The second kappa shape index (κ2) is 5.37. The number of carboxylic acids is 1. The van der Waals surface area contributed by atoms with Gasteiger partial charge in [-0.15, -0.1) is 0 Å². The molecule has 0 saturated carbocycles. The van der Waals surface area contributed by atoms with Crippen LogP contribution in [0.4, 0.5) is 22.0 Å². The second-order valence-electron chi connectivity index (χ2n) is 3.45. The summed E-state index contributed by atoms with van der Waals surface area (Å²) in [4.78, 5) is 13.7. The number of pyridine rings is 1. The number of methoxy groups -OCH3 is 1. The van der Waals surface area contributed by atoms with Crippen LogP contribution in [0.25, 0.3) is 0 Å². The summed E-state index contributed by atoms with van der Waals surface area (Å²) in [5.74, 6) is -2.56. The minimum Gasteiger partial charge on any atom is -0.481 e. The lowest BCUT2D eigenvalue weighted by atomic mass is 10.0. The van der Waals surface area contributed by atoms with Crippen LogP contribution >= 0.6 is 0 Å². The van der Waals surface area contributed by atoms with Crippen molar-refractivity contribution in [2.24, 2.45) is 0 Å². The average molecular weight is 285 g/mol. The van der Waals surface area contributed by atoms with E-state index in [9.17, 15) is 26.7 Å². The Balaban J connectivity index is 3.58. The Kier molecular flexibility index (Phi) is 4.28. The van der Waals surface area contributed by atoms with Gasteiger partial charge in [0.25, 0.3) is 6.43 Å². The van der Waals surface area contributed by atoms with E-state index in [0.717, 1.165) is 7.11 Å². The van der Waals surface area contributed by atoms with Gasteiger partial charge in [-0.2, -0.15) is 13.2 Å². The molecule has 106 valence electrons. The first-order valence-electron chi connectivity index (χ1n) is 4.81. The number of hydrogen-bond donors (Lipinski definition) is 1. The first kappa shape index (κ1) is 15.1. The summed E-state index contributed by atoms with van der Waals surface area (Å²) in [6.07, 6.45) is -8.97. The van der Waals surface area contributed by atoms with Crippen molar-refractivity contribution in [2.75, 3.05) is 7.11 Å². The predicted octanol–water partition coefficient (Wildman–Crippen LogP) is 2.67. The van der Waals surface area contributed by atoms with Crippen molar-refractivity contribution in [3.63, 3.8) is 0 Å². The normalized spacial score (nSPS) is 11.7. The van der Waals surface area contributed by atoms with Gasteiger partial charge in [-0.05, 0) is 5.56 Å². The van der Waals surface area contributed by atoms with Gasteiger partial charge in [-0.25, -0.2) is 13.8 Å². The van der Waals surface area contributed by atoms with Gasteiger partial charge in [0.2, 0.25) is 5.88 Å². The Morgan fingerprint density at radius 2 is 2.05 bits per heavy atom. The molecule has 0 aliphatic rings. The van der Waals surface area contributed by atoms with Gasteiger partial charge in [0.15, 0.2) is 0 Å². The number of aliphatic carboxylic acids is 1. The third-order valence-electron chi connectivity index (χ3n) is 2.20. The standard InChI is InChI=1S/C10H8F5NO3/c1-19-9-7(10(13,14)15)6(8(11)12)4(3-16-9)2-5(17)18/h3,8H,2H2,1H3,(H,17,18). The molecule has 0 aliphatic carbocycles. The highest BCUT2D eigenvalue weighted by Gasteiger charge is 2.41. The molecule has 1 aromatic heterocycles. The van der Waals surface area contributed by atoms with Gasteiger partial charge in [-0.1, -0.05) is 0 Å². The van der Waals surface area contributed by atoms with E-state index in [1.165, 1.54) is 0 Å². The van der Waals surface area contributed by atoms with E-state index >= 15 is 0 Å². The van der Waals surface area contributed by atoms with Crippen LogP contribution in [0.3, 0.4) is 0 Å². The molecule has 0 radical (unpaired) electrons. The number of hydrogen-bond acceptors (Lipinski definition) is 3. The molecule has 0 spiro atoms. The van der Waals surface area contributed by atoms with E-state index in [2.05, 4.69) is 9.72 Å². The Bertz CT molecular complexity index is 487. The van der Waals surface area contributed by atoms with Gasteiger partial charge < -0.3 is 9.84 Å². The second-order valence-corrected chi connectivity index (χ2v) is 3.45. The van der Waals surface area contributed by atoms with Crippen LogP contribution in [0.5, 0.6) is 5.88 Å². The van der Waals surface area contributed by atoms with Crippen molar-refractivity contribution in [2.45, 2.75) is 19.0 Å². The predicted molar refractivity (Wildman–Crippen MR) is 52.1 cm³/mol. The van der Waals surface area contributed by atoms with Crippen molar-refractivity contribution in [3.8, 4) is 5.88 Å². The molecule has 0 atom stereocenters. The molecule has 0 saturated heterocycles. The van der Waals surface area contributed by atoms with Crippen LogP contribution < -0.4 is 4.74 Å². The van der Waals surface area contributed by atoms with E-state index in [4.69, 9.17) is 5.11 Å². The summed E-state index contributed by atoms with van der Waals surface area (Å²) < 4.78 is 68.2. The number of halogens is 5. The summed E-state index contributed by atoms with van der Waals surface area (Å²) in [7, 11) is 0.851.